The molecule has 2 aromatic heterocycles. The Kier molecular flexibility index (Phi) is 4.55. The molecule has 0 atom stereocenters. The van der Waals surface area contributed by atoms with Crippen LogP contribution in [0.25, 0.3) is 22.4 Å². The molecular formula is C20H19N5O4. The molecule has 0 saturated heterocycles. The van der Waals surface area contributed by atoms with Crippen LogP contribution in [-0.4, -0.2) is 45.4 Å². The van der Waals surface area contributed by atoms with Crippen molar-refractivity contribution >= 4 is 28.5 Å². The molecule has 29 heavy (non-hydrogen) atoms. The number of carboxylic acids is 1. The monoisotopic (exact) mass is 393 g/mol. The summed E-state index contributed by atoms with van der Waals surface area (Å²) in [5.41, 5.74) is 2.77. The Labute approximate surface area is 165 Å². The molecule has 0 unspecified atom stereocenters. The SMILES string of the molecule is CN(C)c1noc(-c2cccc(CNc3ccc4[nH]cc(C(=O)O)c4c3)c2O)n1. The first-order chi connectivity index (χ1) is 13.9. The van der Waals surface area contributed by atoms with Crippen LogP contribution in [0.2, 0.25) is 0 Å². The fourth-order valence-electron chi connectivity index (χ4n) is 3.02. The Morgan fingerprint density at radius 1 is 1.28 bits per heavy atom. The Balaban J connectivity index is 1.58. The Morgan fingerprint density at radius 3 is 2.83 bits per heavy atom. The van der Waals surface area contributed by atoms with Gasteiger partial charge in [-0.3, -0.25) is 0 Å². The number of carbonyl (C=O) groups is 1. The number of aromatic amines is 1. The van der Waals surface area contributed by atoms with Gasteiger partial charge in [0.25, 0.3) is 11.8 Å². The number of aromatic carboxylic acids is 1. The molecule has 9 nitrogen and oxygen atoms in total. The largest absolute Gasteiger partial charge is 0.507 e. The number of fused-ring (bicyclic) bond motifs is 1. The summed E-state index contributed by atoms with van der Waals surface area (Å²) in [6.45, 7) is 0.326. The second-order valence-corrected chi connectivity index (χ2v) is 6.73. The van der Waals surface area contributed by atoms with Crippen LogP contribution in [-0.2, 0) is 6.54 Å². The first kappa shape index (κ1) is 18.4. The van der Waals surface area contributed by atoms with Crippen LogP contribution < -0.4 is 10.2 Å². The molecular weight excluding hydrogens is 374 g/mol. The lowest BCUT2D eigenvalue weighted by atomic mass is 10.1. The molecule has 0 spiro atoms. The van der Waals surface area contributed by atoms with Gasteiger partial charge in [-0.1, -0.05) is 12.1 Å². The van der Waals surface area contributed by atoms with Crippen molar-refractivity contribution in [1.29, 1.82) is 0 Å². The third kappa shape index (κ3) is 3.45. The number of aromatic hydroxyl groups is 1. The van der Waals surface area contributed by atoms with Gasteiger partial charge in [-0.25, -0.2) is 4.79 Å². The summed E-state index contributed by atoms with van der Waals surface area (Å²) in [6.07, 6.45) is 1.47. The maximum absolute atomic E-state index is 11.3. The lowest BCUT2D eigenvalue weighted by molar-refractivity contribution is 0.0699. The highest BCUT2D eigenvalue weighted by Crippen LogP contribution is 2.32. The molecule has 4 rings (SSSR count). The van der Waals surface area contributed by atoms with E-state index in [2.05, 4.69) is 20.4 Å². The number of H-pyrrole nitrogens is 1. The quantitative estimate of drug-likeness (QED) is 0.393. The molecule has 2 aromatic carbocycles. The molecule has 0 bridgehead atoms. The van der Waals surface area contributed by atoms with Gasteiger partial charge in [0.05, 0.1) is 11.1 Å². The molecule has 0 saturated carbocycles. The van der Waals surface area contributed by atoms with E-state index >= 15 is 0 Å². The van der Waals surface area contributed by atoms with Crippen LogP contribution in [0.15, 0.2) is 47.1 Å². The summed E-state index contributed by atoms with van der Waals surface area (Å²) in [6, 6.07) is 10.7. The molecule has 148 valence electrons. The first-order valence-corrected chi connectivity index (χ1v) is 8.84. The molecule has 0 amide bonds. The molecule has 0 radical (unpaired) electrons. The summed E-state index contributed by atoms with van der Waals surface area (Å²) in [5, 5.41) is 27.6. The number of rotatable bonds is 6. The maximum Gasteiger partial charge on any atom is 0.337 e. The highest BCUT2D eigenvalue weighted by Gasteiger charge is 2.16. The van der Waals surface area contributed by atoms with Gasteiger partial charge in [0.1, 0.15) is 5.75 Å². The normalized spacial score (nSPS) is 11.0. The first-order valence-electron chi connectivity index (χ1n) is 8.84. The number of phenolic OH excluding ortho intramolecular Hbond substituents is 1. The number of anilines is 2. The second kappa shape index (κ2) is 7.19. The van der Waals surface area contributed by atoms with Gasteiger partial charge in [0.2, 0.25) is 0 Å². The van der Waals surface area contributed by atoms with Crippen LogP contribution >= 0.6 is 0 Å². The fourth-order valence-corrected chi connectivity index (χ4v) is 3.02. The van der Waals surface area contributed by atoms with Crippen molar-refractivity contribution in [2.45, 2.75) is 6.54 Å². The van der Waals surface area contributed by atoms with Gasteiger partial charge in [0.15, 0.2) is 0 Å². The molecule has 0 aliphatic rings. The Hall–Kier alpha value is -4.01. The third-order valence-electron chi connectivity index (χ3n) is 4.56. The summed E-state index contributed by atoms with van der Waals surface area (Å²) in [7, 11) is 3.60. The van der Waals surface area contributed by atoms with Crippen molar-refractivity contribution < 1.29 is 19.5 Å². The van der Waals surface area contributed by atoms with Crippen molar-refractivity contribution in [3.63, 3.8) is 0 Å². The lowest BCUT2D eigenvalue weighted by Crippen LogP contribution is -2.10. The van der Waals surface area contributed by atoms with E-state index < -0.39 is 5.97 Å². The fraction of sp³-hybridized carbons (Fsp3) is 0.150. The van der Waals surface area contributed by atoms with Crippen molar-refractivity contribution in [3.8, 4) is 17.2 Å². The summed E-state index contributed by atoms with van der Waals surface area (Å²) in [4.78, 5) is 20.2. The highest BCUT2D eigenvalue weighted by molar-refractivity contribution is 6.04. The van der Waals surface area contributed by atoms with Gasteiger partial charge in [-0.15, -0.1) is 0 Å². The minimum atomic E-state index is -0.990. The molecule has 4 aromatic rings. The number of nitrogens with one attached hydrogen (secondary N) is 2. The van der Waals surface area contributed by atoms with Gasteiger partial charge in [-0.2, -0.15) is 4.98 Å². The van der Waals surface area contributed by atoms with Crippen LogP contribution in [0.1, 0.15) is 15.9 Å². The predicted octanol–water partition coefficient (Wildman–Crippen LogP) is 3.30. The average molecular weight is 393 g/mol. The van der Waals surface area contributed by atoms with E-state index in [1.807, 2.05) is 12.1 Å². The number of benzene rings is 2. The smallest absolute Gasteiger partial charge is 0.337 e. The van der Waals surface area contributed by atoms with E-state index in [9.17, 15) is 15.0 Å². The van der Waals surface area contributed by atoms with Crippen LogP contribution in [0.4, 0.5) is 11.6 Å². The number of hydrogen-bond donors (Lipinski definition) is 4. The van der Waals surface area contributed by atoms with Gasteiger partial charge < -0.3 is 29.9 Å². The van der Waals surface area contributed by atoms with Crippen LogP contribution in [0.5, 0.6) is 5.75 Å². The number of carboxylic acid groups (broad SMARTS) is 1. The molecule has 2 heterocycles. The molecule has 0 fully saturated rings. The van der Waals surface area contributed by atoms with E-state index in [0.29, 0.717) is 29.0 Å². The highest BCUT2D eigenvalue weighted by atomic mass is 16.5. The zero-order chi connectivity index (χ0) is 20.5. The zero-order valence-corrected chi connectivity index (χ0v) is 15.8. The van der Waals surface area contributed by atoms with E-state index in [0.717, 1.165) is 11.2 Å². The van der Waals surface area contributed by atoms with Crippen molar-refractivity contribution in [3.05, 3.63) is 53.7 Å². The van der Waals surface area contributed by atoms with Gasteiger partial charge in [0, 0.05) is 49.0 Å². The minimum absolute atomic E-state index is 0.0444. The maximum atomic E-state index is 11.3. The summed E-state index contributed by atoms with van der Waals surface area (Å²) in [5.74, 6) is -0.303. The Bertz CT molecular complexity index is 1190. The van der Waals surface area contributed by atoms with E-state index in [4.69, 9.17) is 4.52 Å². The molecule has 9 heteroatoms. The molecule has 0 aliphatic carbocycles. The summed E-state index contributed by atoms with van der Waals surface area (Å²) >= 11 is 0. The topological polar surface area (TPSA) is 128 Å². The lowest BCUT2D eigenvalue weighted by Gasteiger charge is -2.10. The van der Waals surface area contributed by atoms with E-state index in [-0.39, 0.29) is 17.2 Å². The number of hydrogen-bond acceptors (Lipinski definition) is 7. The van der Waals surface area contributed by atoms with E-state index in [1.54, 1.807) is 43.3 Å². The number of aromatic nitrogens is 3. The van der Waals surface area contributed by atoms with Crippen molar-refractivity contribution in [2.75, 3.05) is 24.3 Å². The average Bonchev–Trinajstić information content (AvgIpc) is 3.34. The van der Waals surface area contributed by atoms with E-state index in [1.165, 1.54) is 6.20 Å². The second-order valence-electron chi connectivity index (χ2n) is 6.73. The third-order valence-corrected chi connectivity index (χ3v) is 4.56. The predicted molar refractivity (Wildman–Crippen MR) is 108 cm³/mol. The number of nitrogens with zero attached hydrogens (tertiary/aromatic N) is 3. The van der Waals surface area contributed by atoms with Gasteiger partial charge in [-0.05, 0) is 29.4 Å². The van der Waals surface area contributed by atoms with Crippen LogP contribution in [0, 0.1) is 0 Å². The Morgan fingerprint density at radius 2 is 2.10 bits per heavy atom. The van der Waals surface area contributed by atoms with Gasteiger partial charge >= 0.3 is 5.97 Å². The summed E-state index contributed by atoms with van der Waals surface area (Å²) < 4.78 is 5.24. The van der Waals surface area contributed by atoms with Crippen molar-refractivity contribution in [1.82, 2.24) is 15.1 Å². The van der Waals surface area contributed by atoms with Crippen molar-refractivity contribution in [2.24, 2.45) is 0 Å². The van der Waals surface area contributed by atoms with Crippen LogP contribution in [0.3, 0.4) is 0 Å². The molecule has 4 N–H and O–H groups in total. The standard InChI is InChI=1S/C20H19N5O4/c1-25(2)20-23-18(29-24-20)13-5-3-4-11(17(13)26)9-21-12-6-7-16-14(8-12)15(10-22-16)19(27)28/h3-8,10,21-22,26H,9H2,1-2H3,(H,27,28). The molecule has 0 aliphatic heterocycles. The number of para-hydroxylation sites is 1. The minimum Gasteiger partial charge on any atom is -0.507 e. The number of phenols is 1. The zero-order valence-electron chi connectivity index (χ0n) is 15.8.